The number of para-hydroxylation sites is 1. The molecule has 7 aromatic heterocycles. The lowest BCUT2D eigenvalue weighted by molar-refractivity contribution is 1.17. The van der Waals surface area contributed by atoms with E-state index in [1.54, 1.807) is 31.0 Å². The second-order valence-corrected chi connectivity index (χ2v) is 20.3. The van der Waals surface area contributed by atoms with E-state index < -0.39 is 0 Å². The van der Waals surface area contributed by atoms with Gasteiger partial charge in [0, 0.05) is 80.4 Å². The van der Waals surface area contributed by atoms with Gasteiger partial charge in [-0.05, 0) is 147 Å². The van der Waals surface area contributed by atoms with Crippen molar-refractivity contribution in [2.75, 3.05) is 0 Å². The van der Waals surface area contributed by atoms with E-state index in [4.69, 9.17) is 19.9 Å². The first-order valence-corrected chi connectivity index (χ1v) is 26.8. The first-order valence-electron chi connectivity index (χ1n) is 26.0. The van der Waals surface area contributed by atoms with Crippen molar-refractivity contribution in [1.29, 1.82) is 0 Å². The van der Waals surface area contributed by atoms with Crippen LogP contribution in [-0.4, -0.2) is 44.4 Å². The van der Waals surface area contributed by atoms with Crippen molar-refractivity contribution in [2.45, 2.75) is 6.42 Å². The highest BCUT2D eigenvalue weighted by molar-refractivity contribution is 9.10. The lowest BCUT2D eigenvalue weighted by Crippen LogP contribution is -1.99. The zero-order valence-corrected chi connectivity index (χ0v) is 43.9. The summed E-state index contributed by atoms with van der Waals surface area (Å²) in [5.41, 5.74) is 18.9. The molecule has 10 heteroatoms. The number of rotatable bonds is 5. The normalized spacial score (nSPS) is 11.6. The van der Waals surface area contributed by atoms with Gasteiger partial charge in [-0.1, -0.05) is 137 Å². The molecule has 8 aromatic carbocycles. The van der Waals surface area contributed by atoms with Crippen molar-refractivity contribution in [2.24, 2.45) is 0 Å². The molecule has 0 unspecified atom stereocenters. The number of halogens is 1. The summed E-state index contributed by atoms with van der Waals surface area (Å²) in [6, 6.07) is 75.7. The minimum atomic E-state index is 0.619. The van der Waals surface area contributed by atoms with Gasteiger partial charge in [-0.15, -0.1) is 0 Å². The quantitative estimate of drug-likeness (QED) is 0.168. The molecule has 0 spiro atoms. The molecule has 0 amide bonds. The van der Waals surface area contributed by atoms with Crippen LogP contribution in [0.15, 0.2) is 260 Å². The molecule has 9 nitrogen and oxygen atoms in total. The van der Waals surface area contributed by atoms with Crippen LogP contribution < -0.4 is 0 Å². The maximum atomic E-state index is 5.00. The summed E-state index contributed by atoms with van der Waals surface area (Å²) in [4.78, 5) is 36.8. The Morgan fingerprint density at radius 3 is 1.56 bits per heavy atom. The van der Waals surface area contributed by atoms with E-state index in [2.05, 4.69) is 186 Å². The van der Waals surface area contributed by atoms with Crippen LogP contribution in [0.3, 0.4) is 0 Å². The zero-order chi connectivity index (χ0) is 52.7. The van der Waals surface area contributed by atoms with Gasteiger partial charge < -0.3 is 4.57 Å². The molecule has 0 bridgehead atoms. The van der Waals surface area contributed by atoms with Crippen LogP contribution >= 0.6 is 15.9 Å². The van der Waals surface area contributed by atoms with Crippen molar-refractivity contribution >= 4 is 81.6 Å². The second kappa shape index (κ2) is 20.4. The summed E-state index contributed by atoms with van der Waals surface area (Å²) in [5, 5.41) is 7.61. The number of nitrogens with zero attached hydrogens (tertiary/aromatic N) is 9. The molecule has 0 atom stereocenters. The van der Waals surface area contributed by atoms with Gasteiger partial charge in [-0.3, -0.25) is 9.97 Å². The fourth-order valence-electron chi connectivity index (χ4n) is 10.8. The van der Waals surface area contributed by atoms with Crippen LogP contribution in [0.25, 0.3) is 128 Å². The predicted octanol–water partition coefficient (Wildman–Crippen LogP) is 16.9. The van der Waals surface area contributed by atoms with Crippen molar-refractivity contribution in [3.05, 3.63) is 271 Å². The van der Waals surface area contributed by atoms with Crippen LogP contribution in [-0.2, 0) is 6.42 Å². The van der Waals surface area contributed by atoms with E-state index in [-0.39, 0.29) is 0 Å². The standard InChI is InChI=1S/C34H21N5.C18H11BrN4.C17H12/c1-2-9-23-20-31-28(19-22(23)8-1)27-13-3-4-15-30(27)39(31)26-12-5-10-24(18-26)32-33(25-11-6-16-35-21-25)37-29-14-7-17-36-34(29)38-32;19-14-6-1-4-12(10-14)16-17(13-5-2-8-20-11-13)22-15-7-3-9-21-18(15)23-16;1-2-6-13-11-17-15(9-12(13)5-1)10-14-7-3-4-8-16(14)17/h1-21H;1-11H;1-9,11H,10H2. The molecule has 16 rings (SSSR count). The molecule has 0 saturated heterocycles. The zero-order valence-electron chi connectivity index (χ0n) is 42.4. The number of benzene rings is 8. The number of aromatic nitrogens is 9. The van der Waals surface area contributed by atoms with Crippen molar-refractivity contribution in [1.82, 2.24) is 44.4 Å². The van der Waals surface area contributed by atoms with E-state index in [9.17, 15) is 0 Å². The van der Waals surface area contributed by atoms with Gasteiger partial charge in [-0.25, -0.2) is 29.9 Å². The summed E-state index contributed by atoms with van der Waals surface area (Å²) < 4.78 is 3.34. The number of hydrogen-bond donors (Lipinski definition) is 0. The molecule has 15 aromatic rings. The molecule has 0 radical (unpaired) electrons. The Labute approximate surface area is 462 Å². The Morgan fingerprint density at radius 2 is 0.899 bits per heavy atom. The topological polar surface area (TPSA) is 108 Å². The van der Waals surface area contributed by atoms with Crippen molar-refractivity contribution < 1.29 is 0 Å². The monoisotopic (exact) mass is 1080 g/mol. The van der Waals surface area contributed by atoms with Gasteiger partial charge >= 0.3 is 0 Å². The van der Waals surface area contributed by atoms with Crippen LogP contribution in [0, 0.1) is 0 Å². The summed E-state index contributed by atoms with van der Waals surface area (Å²) in [5.74, 6) is 0. The molecule has 0 N–H and O–H groups in total. The molecule has 7 heterocycles. The van der Waals surface area contributed by atoms with Crippen LogP contribution in [0.1, 0.15) is 11.1 Å². The Kier molecular flexibility index (Phi) is 12.2. The molecular formula is C69H44BrN9. The number of fused-ring (bicyclic) bond motifs is 10. The van der Waals surface area contributed by atoms with Gasteiger partial charge in [0.2, 0.25) is 0 Å². The van der Waals surface area contributed by atoms with E-state index in [1.807, 2.05) is 79.0 Å². The first-order chi connectivity index (χ1) is 39.1. The minimum absolute atomic E-state index is 0.619. The summed E-state index contributed by atoms with van der Waals surface area (Å²) in [6.45, 7) is 0. The summed E-state index contributed by atoms with van der Waals surface area (Å²) in [7, 11) is 0. The Bertz CT molecular complexity index is 4790. The van der Waals surface area contributed by atoms with E-state index in [1.165, 1.54) is 65.6 Å². The molecule has 1 aliphatic carbocycles. The van der Waals surface area contributed by atoms with Gasteiger partial charge in [0.25, 0.3) is 0 Å². The van der Waals surface area contributed by atoms with Crippen molar-refractivity contribution in [3.63, 3.8) is 0 Å². The Morgan fingerprint density at radius 1 is 0.354 bits per heavy atom. The second-order valence-electron chi connectivity index (χ2n) is 19.3. The highest BCUT2D eigenvalue weighted by Gasteiger charge is 2.20. The molecular weight excluding hydrogens is 1030 g/mol. The smallest absolute Gasteiger partial charge is 0.178 e. The maximum Gasteiger partial charge on any atom is 0.178 e. The average molecular weight is 1080 g/mol. The first kappa shape index (κ1) is 47.3. The SMILES string of the molecule is Brc1cccc(-c2nc3ncccc3nc2-c2cccnc2)c1.c1ccc2c(c1)Cc1cc3ccccc3cc1-2.c1cncc(-c2nc3cccnc3nc2-c2cccc(-n3c4ccccc4c4cc5ccccc5cc43)c2)c1. The van der Waals surface area contributed by atoms with Gasteiger partial charge in [0.05, 0.1) is 33.8 Å². The molecule has 0 saturated carbocycles. The van der Waals surface area contributed by atoms with Gasteiger partial charge in [0.1, 0.15) is 11.0 Å². The van der Waals surface area contributed by atoms with Crippen LogP contribution in [0.5, 0.6) is 0 Å². The van der Waals surface area contributed by atoms with Crippen LogP contribution in [0.4, 0.5) is 0 Å². The summed E-state index contributed by atoms with van der Waals surface area (Å²) >= 11 is 3.51. The lowest BCUT2D eigenvalue weighted by atomic mass is 10.0. The Hall–Kier alpha value is -10.2. The minimum Gasteiger partial charge on any atom is -0.309 e. The molecule has 0 aliphatic heterocycles. The number of hydrogen-bond acceptors (Lipinski definition) is 8. The highest BCUT2D eigenvalue weighted by Crippen LogP contribution is 2.40. The highest BCUT2D eigenvalue weighted by atomic mass is 79.9. The largest absolute Gasteiger partial charge is 0.309 e. The third kappa shape index (κ3) is 9.09. The van der Waals surface area contributed by atoms with Crippen molar-refractivity contribution in [3.8, 4) is 61.8 Å². The van der Waals surface area contributed by atoms with E-state index in [0.717, 1.165) is 72.6 Å². The molecule has 1 aliphatic rings. The third-order valence-electron chi connectivity index (χ3n) is 14.4. The van der Waals surface area contributed by atoms with E-state index >= 15 is 0 Å². The summed E-state index contributed by atoms with van der Waals surface area (Å²) in [6.07, 6.45) is 11.7. The number of pyridine rings is 4. The lowest BCUT2D eigenvalue weighted by Gasteiger charge is -2.13. The van der Waals surface area contributed by atoms with Crippen LogP contribution in [0.2, 0.25) is 0 Å². The maximum absolute atomic E-state index is 5.00. The van der Waals surface area contributed by atoms with Gasteiger partial charge in [-0.2, -0.15) is 0 Å². The fraction of sp³-hybridized carbons (Fsp3) is 0.0145. The van der Waals surface area contributed by atoms with Gasteiger partial charge in [0.15, 0.2) is 11.3 Å². The Balaban J connectivity index is 0.000000119. The molecule has 0 fully saturated rings. The fourth-order valence-corrected chi connectivity index (χ4v) is 11.2. The average Bonchev–Trinajstić information content (AvgIpc) is 4.27. The predicted molar refractivity (Wildman–Crippen MR) is 324 cm³/mol. The third-order valence-corrected chi connectivity index (χ3v) is 14.9. The molecule has 79 heavy (non-hydrogen) atoms. The van der Waals surface area contributed by atoms with E-state index in [0.29, 0.717) is 11.3 Å². The molecule has 372 valence electrons.